The molecule has 0 aromatic heterocycles. The molecule has 4 nitrogen and oxygen atoms in total. The molecule has 1 aromatic carbocycles. The van der Waals surface area contributed by atoms with Crippen LogP contribution in [0.1, 0.15) is 10.4 Å². The average Bonchev–Trinajstić information content (AvgIpc) is 1.85. The first-order chi connectivity index (χ1) is 5.13. The number of hydrogen-bond acceptors (Lipinski definition) is 3. The predicted molar refractivity (Wildman–Crippen MR) is 35.6 cm³/mol. The number of carbonyl (C=O) groups is 1. The van der Waals surface area contributed by atoms with E-state index in [1.54, 1.807) is 0 Å². The molecule has 0 bridgehead atoms. The number of hydrogen-bond donors (Lipinski definition) is 3. The van der Waals surface area contributed by atoms with E-state index in [-0.39, 0.29) is 0 Å². The number of carboxylic acids is 1. The summed E-state index contributed by atoms with van der Waals surface area (Å²) in [5.41, 5.74) is -0.497. The van der Waals surface area contributed by atoms with Crippen molar-refractivity contribution >= 4 is 5.97 Å². The Bertz CT molecular complexity index is 272. The van der Waals surface area contributed by atoms with Crippen LogP contribution in [0.3, 0.4) is 0 Å². The lowest BCUT2D eigenvalue weighted by Gasteiger charge is -1.99. The molecule has 0 aliphatic carbocycles. The molecule has 0 atom stereocenters. The highest BCUT2D eigenvalue weighted by molar-refractivity contribution is 5.93. The van der Waals surface area contributed by atoms with Crippen molar-refractivity contribution < 1.29 is 20.1 Å². The van der Waals surface area contributed by atoms with Crippen LogP contribution in [0.5, 0.6) is 11.5 Å². The van der Waals surface area contributed by atoms with Crippen LogP contribution < -0.4 is 0 Å². The Morgan fingerprint density at radius 1 is 1.27 bits per heavy atom. The van der Waals surface area contributed by atoms with Crippen molar-refractivity contribution in [3.63, 3.8) is 0 Å². The Morgan fingerprint density at radius 3 is 2.00 bits per heavy atom. The summed E-state index contributed by atoms with van der Waals surface area (Å²) >= 11 is 0. The lowest BCUT2D eigenvalue weighted by Crippen LogP contribution is -1.96. The second kappa shape index (κ2) is 2.49. The summed E-state index contributed by atoms with van der Waals surface area (Å²) in [5.74, 6) is -2.34. The van der Waals surface area contributed by atoms with E-state index in [1.165, 1.54) is 0 Å². The van der Waals surface area contributed by atoms with E-state index in [0.29, 0.717) is 0 Å². The predicted octanol–water partition coefficient (Wildman–Crippen LogP) is 0.596. The fourth-order valence-corrected chi connectivity index (χ4v) is 0.694. The van der Waals surface area contributed by atoms with Crippen molar-refractivity contribution in [2.24, 2.45) is 0 Å². The van der Waals surface area contributed by atoms with Gasteiger partial charge in [0.2, 0.25) is 0 Å². The van der Waals surface area contributed by atoms with Gasteiger partial charge in [-0.1, -0.05) is 0 Å². The maximum absolute atomic E-state index is 10.3. The first-order valence-corrected chi connectivity index (χ1v) is 2.78. The number of aromatic carboxylic acids is 1. The molecular weight excluding hydrogens is 148 g/mol. The Hall–Kier alpha value is -1.71. The van der Waals surface area contributed by atoms with Crippen molar-refractivity contribution in [1.29, 1.82) is 0 Å². The lowest BCUT2D eigenvalue weighted by molar-refractivity contribution is 0.0690. The fourth-order valence-electron chi connectivity index (χ4n) is 0.694. The first-order valence-electron chi connectivity index (χ1n) is 2.78. The van der Waals surface area contributed by atoms with Crippen LogP contribution in [-0.2, 0) is 0 Å². The standard InChI is InChI=1S/C7H5O4/c8-4-2-1-3-5(9)6(4)7(10)11/h2-3,8-9H,(H,10,11). The summed E-state index contributed by atoms with van der Waals surface area (Å²) in [6.45, 7) is 0. The summed E-state index contributed by atoms with van der Waals surface area (Å²) in [7, 11) is 0. The zero-order valence-corrected chi connectivity index (χ0v) is 5.40. The Morgan fingerprint density at radius 2 is 1.73 bits per heavy atom. The van der Waals surface area contributed by atoms with Crippen LogP contribution in [-0.4, -0.2) is 21.3 Å². The normalized spacial score (nSPS) is 9.45. The van der Waals surface area contributed by atoms with E-state index < -0.39 is 23.0 Å². The highest BCUT2D eigenvalue weighted by atomic mass is 16.4. The van der Waals surface area contributed by atoms with Gasteiger partial charge in [0.15, 0.2) is 0 Å². The molecule has 1 radical (unpaired) electrons. The zero-order valence-electron chi connectivity index (χ0n) is 5.40. The van der Waals surface area contributed by atoms with Gasteiger partial charge >= 0.3 is 5.97 Å². The van der Waals surface area contributed by atoms with Gasteiger partial charge < -0.3 is 15.3 Å². The number of carboxylic acid groups (broad SMARTS) is 1. The van der Waals surface area contributed by atoms with Crippen LogP contribution in [0.15, 0.2) is 12.1 Å². The van der Waals surface area contributed by atoms with Gasteiger partial charge in [-0.2, -0.15) is 0 Å². The summed E-state index contributed by atoms with van der Waals surface area (Å²) in [4.78, 5) is 10.3. The van der Waals surface area contributed by atoms with Gasteiger partial charge in [0.1, 0.15) is 17.1 Å². The van der Waals surface area contributed by atoms with E-state index in [2.05, 4.69) is 6.07 Å². The van der Waals surface area contributed by atoms with Gasteiger partial charge in [0.25, 0.3) is 0 Å². The van der Waals surface area contributed by atoms with Gasteiger partial charge in [0.05, 0.1) is 0 Å². The fraction of sp³-hybridized carbons (Fsp3) is 0. The molecule has 0 aliphatic heterocycles. The maximum atomic E-state index is 10.3. The van der Waals surface area contributed by atoms with Crippen molar-refractivity contribution in [3.8, 4) is 11.5 Å². The van der Waals surface area contributed by atoms with Crippen molar-refractivity contribution in [1.82, 2.24) is 0 Å². The third-order valence-corrected chi connectivity index (χ3v) is 1.17. The zero-order chi connectivity index (χ0) is 8.43. The topological polar surface area (TPSA) is 77.8 Å². The number of aromatic hydroxyl groups is 2. The molecule has 57 valence electrons. The molecule has 0 saturated heterocycles. The minimum atomic E-state index is -1.37. The largest absolute Gasteiger partial charge is 0.507 e. The highest BCUT2D eigenvalue weighted by Gasteiger charge is 2.13. The Labute approximate surface area is 62.3 Å². The van der Waals surface area contributed by atoms with Gasteiger partial charge in [-0.15, -0.1) is 0 Å². The Kier molecular flexibility index (Phi) is 1.68. The summed E-state index contributed by atoms with van der Waals surface area (Å²) in [5, 5.41) is 26.2. The van der Waals surface area contributed by atoms with E-state index >= 15 is 0 Å². The Balaban J connectivity index is 3.32. The quantitative estimate of drug-likeness (QED) is 0.552. The molecule has 0 saturated carbocycles. The van der Waals surface area contributed by atoms with Gasteiger partial charge in [-0.05, 0) is 18.2 Å². The van der Waals surface area contributed by atoms with Crippen LogP contribution >= 0.6 is 0 Å². The summed E-state index contributed by atoms with van der Waals surface area (Å²) in [6.07, 6.45) is 0. The summed E-state index contributed by atoms with van der Waals surface area (Å²) in [6, 6.07) is 4.51. The molecule has 0 heterocycles. The van der Waals surface area contributed by atoms with E-state index in [1.807, 2.05) is 0 Å². The smallest absolute Gasteiger partial charge is 0.343 e. The number of rotatable bonds is 1. The van der Waals surface area contributed by atoms with Crippen molar-refractivity contribution in [3.05, 3.63) is 23.8 Å². The van der Waals surface area contributed by atoms with E-state index in [4.69, 9.17) is 15.3 Å². The molecule has 0 unspecified atom stereocenters. The maximum Gasteiger partial charge on any atom is 0.343 e. The molecule has 1 rings (SSSR count). The van der Waals surface area contributed by atoms with Crippen LogP contribution in [0.4, 0.5) is 0 Å². The third kappa shape index (κ3) is 1.24. The molecule has 1 aromatic rings. The second-order valence-electron chi connectivity index (χ2n) is 1.91. The molecule has 4 heteroatoms. The molecule has 11 heavy (non-hydrogen) atoms. The molecule has 0 aliphatic rings. The van der Waals surface area contributed by atoms with Gasteiger partial charge in [-0.3, -0.25) is 0 Å². The minimum Gasteiger partial charge on any atom is -0.507 e. The minimum absolute atomic E-state index is 0.488. The molecular formula is C7H5O4. The highest BCUT2D eigenvalue weighted by Crippen LogP contribution is 2.25. The number of phenols is 2. The molecule has 0 amide bonds. The third-order valence-electron chi connectivity index (χ3n) is 1.17. The van der Waals surface area contributed by atoms with Crippen molar-refractivity contribution in [2.75, 3.05) is 0 Å². The molecule has 3 N–H and O–H groups in total. The van der Waals surface area contributed by atoms with Crippen molar-refractivity contribution in [2.45, 2.75) is 0 Å². The van der Waals surface area contributed by atoms with E-state index in [9.17, 15) is 4.79 Å². The van der Waals surface area contributed by atoms with E-state index in [0.717, 1.165) is 12.1 Å². The monoisotopic (exact) mass is 153 g/mol. The average molecular weight is 153 g/mol. The summed E-state index contributed by atoms with van der Waals surface area (Å²) < 4.78 is 0. The number of benzene rings is 1. The SMILES string of the molecule is O=C(O)c1c(O)c[c]cc1O. The second-order valence-corrected chi connectivity index (χ2v) is 1.91. The van der Waals surface area contributed by atoms with Gasteiger partial charge in [0, 0.05) is 0 Å². The molecule has 0 spiro atoms. The molecule has 0 fully saturated rings. The lowest BCUT2D eigenvalue weighted by atomic mass is 10.2. The first kappa shape index (κ1) is 7.40. The van der Waals surface area contributed by atoms with Gasteiger partial charge in [-0.25, -0.2) is 4.79 Å². The van der Waals surface area contributed by atoms with Crippen LogP contribution in [0.25, 0.3) is 0 Å². The van der Waals surface area contributed by atoms with Crippen LogP contribution in [0.2, 0.25) is 0 Å². The van der Waals surface area contributed by atoms with Crippen LogP contribution in [0, 0.1) is 6.07 Å².